The van der Waals surface area contributed by atoms with E-state index in [9.17, 15) is 0 Å². The third-order valence-corrected chi connectivity index (χ3v) is 6.27. The summed E-state index contributed by atoms with van der Waals surface area (Å²) in [5.41, 5.74) is 1.92. The normalized spacial score (nSPS) is 19.2. The third-order valence-electron chi connectivity index (χ3n) is 3.73. The van der Waals surface area contributed by atoms with Gasteiger partial charge in [0.15, 0.2) is 0 Å². The van der Waals surface area contributed by atoms with Crippen LogP contribution in [0, 0.1) is 12.3 Å². The topological polar surface area (TPSA) is 0 Å². The highest BCUT2D eigenvalue weighted by Gasteiger charge is 2.30. The van der Waals surface area contributed by atoms with E-state index in [2.05, 4.69) is 47.1 Å². The van der Waals surface area contributed by atoms with E-state index >= 15 is 0 Å². The molecule has 0 N–H and O–H groups in total. The van der Waals surface area contributed by atoms with Gasteiger partial charge in [-0.2, -0.15) is 0 Å². The monoisotopic (exact) mass is 312 g/mol. The van der Waals surface area contributed by atoms with Crippen LogP contribution in [-0.2, 0) is 0 Å². The van der Waals surface area contributed by atoms with Crippen LogP contribution < -0.4 is 0 Å². The Hall–Kier alpha value is 0.0500. The van der Waals surface area contributed by atoms with Crippen molar-refractivity contribution in [2.75, 3.05) is 11.1 Å². The highest BCUT2D eigenvalue weighted by atomic mass is 79.9. The average Bonchev–Trinajstić information content (AvgIpc) is 2.38. The molecule has 0 saturated heterocycles. The molecule has 1 fully saturated rings. The van der Waals surface area contributed by atoms with Crippen LogP contribution in [0.5, 0.6) is 0 Å². The van der Waals surface area contributed by atoms with Crippen molar-refractivity contribution < 1.29 is 0 Å². The lowest BCUT2D eigenvalue weighted by Crippen LogP contribution is -2.28. The van der Waals surface area contributed by atoms with Crippen LogP contribution in [0.15, 0.2) is 29.2 Å². The number of halogens is 1. The molecule has 1 aliphatic carbocycles. The van der Waals surface area contributed by atoms with E-state index in [0.717, 1.165) is 0 Å². The van der Waals surface area contributed by atoms with E-state index in [-0.39, 0.29) is 0 Å². The maximum Gasteiger partial charge on any atom is 0.00959 e. The molecular weight excluding hydrogens is 292 g/mol. The fraction of sp³-hybridized carbons (Fsp3) is 0.600. The second kappa shape index (κ2) is 6.29. The molecule has 1 aromatic carbocycles. The van der Waals surface area contributed by atoms with E-state index in [0.29, 0.717) is 5.41 Å². The number of aryl methyl sites for hydroxylation is 1. The first-order chi connectivity index (χ1) is 8.24. The van der Waals surface area contributed by atoms with Gasteiger partial charge in [0.1, 0.15) is 0 Å². The first-order valence-corrected chi connectivity index (χ1v) is 8.60. The number of alkyl halides is 1. The Morgan fingerprint density at radius 3 is 2.65 bits per heavy atom. The summed E-state index contributed by atoms with van der Waals surface area (Å²) >= 11 is 5.78. The number of thioether (sulfide) groups is 1. The van der Waals surface area contributed by atoms with Crippen LogP contribution in [-0.4, -0.2) is 11.1 Å². The number of rotatable bonds is 4. The van der Waals surface area contributed by atoms with Crippen molar-refractivity contribution in [2.45, 2.75) is 43.9 Å². The highest BCUT2D eigenvalue weighted by Crippen LogP contribution is 2.41. The number of benzene rings is 1. The molecular formula is C15H21BrS. The molecule has 0 bridgehead atoms. The van der Waals surface area contributed by atoms with E-state index in [4.69, 9.17) is 0 Å². The summed E-state index contributed by atoms with van der Waals surface area (Å²) in [7, 11) is 0. The molecule has 0 atom stereocenters. The molecule has 0 nitrogen and oxygen atoms in total. The molecule has 1 saturated carbocycles. The summed E-state index contributed by atoms with van der Waals surface area (Å²) in [6.45, 7) is 2.17. The van der Waals surface area contributed by atoms with E-state index < -0.39 is 0 Å². The zero-order valence-electron chi connectivity index (χ0n) is 10.5. The van der Waals surface area contributed by atoms with Gasteiger partial charge in [-0.15, -0.1) is 11.8 Å². The number of hydrogen-bond donors (Lipinski definition) is 0. The van der Waals surface area contributed by atoms with Crippen molar-refractivity contribution in [3.8, 4) is 0 Å². The summed E-state index contributed by atoms with van der Waals surface area (Å²) in [5, 5.41) is 1.17. The first kappa shape index (κ1) is 13.5. The predicted octanol–water partition coefficient (Wildman–Crippen LogP) is 5.43. The van der Waals surface area contributed by atoms with Crippen LogP contribution in [0.2, 0.25) is 0 Å². The molecule has 17 heavy (non-hydrogen) atoms. The lowest BCUT2D eigenvalue weighted by Gasteiger charge is -2.35. The quantitative estimate of drug-likeness (QED) is 0.527. The van der Waals surface area contributed by atoms with Gasteiger partial charge in [0.2, 0.25) is 0 Å². The summed E-state index contributed by atoms with van der Waals surface area (Å²) in [4.78, 5) is 1.43. The third kappa shape index (κ3) is 3.75. The molecule has 0 spiro atoms. The van der Waals surface area contributed by atoms with E-state index in [1.165, 1.54) is 53.6 Å². The molecule has 0 aliphatic heterocycles. The Bertz CT molecular complexity index is 356. The van der Waals surface area contributed by atoms with E-state index in [1.54, 1.807) is 0 Å². The summed E-state index contributed by atoms with van der Waals surface area (Å²) in [6.07, 6.45) is 7.07. The summed E-state index contributed by atoms with van der Waals surface area (Å²) < 4.78 is 0. The van der Waals surface area contributed by atoms with Gasteiger partial charge >= 0.3 is 0 Å². The van der Waals surface area contributed by atoms with Crippen LogP contribution in [0.1, 0.15) is 37.7 Å². The molecule has 0 unspecified atom stereocenters. The van der Waals surface area contributed by atoms with Gasteiger partial charge in [0, 0.05) is 16.0 Å². The predicted molar refractivity (Wildman–Crippen MR) is 81.2 cm³/mol. The molecule has 94 valence electrons. The second-order valence-electron chi connectivity index (χ2n) is 5.30. The van der Waals surface area contributed by atoms with Crippen molar-refractivity contribution in [1.29, 1.82) is 0 Å². The molecule has 0 radical (unpaired) electrons. The fourth-order valence-corrected chi connectivity index (χ4v) is 4.89. The van der Waals surface area contributed by atoms with Crippen LogP contribution in [0.3, 0.4) is 0 Å². The lowest BCUT2D eigenvalue weighted by atomic mass is 9.77. The Morgan fingerprint density at radius 1 is 1.24 bits per heavy atom. The van der Waals surface area contributed by atoms with Crippen LogP contribution in [0.4, 0.5) is 0 Å². The Labute approximate surface area is 118 Å². The van der Waals surface area contributed by atoms with Gasteiger partial charge in [-0.1, -0.05) is 52.9 Å². The van der Waals surface area contributed by atoms with Crippen LogP contribution >= 0.6 is 27.7 Å². The summed E-state index contributed by atoms with van der Waals surface area (Å²) in [6, 6.07) is 8.88. The molecule has 0 aromatic heterocycles. The van der Waals surface area contributed by atoms with Gasteiger partial charge in [-0.05, 0) is 37.3 Å². The summed E-state index contributed by atoms with van der Waals surface area (Å²) in [5.74, 6) is 1.27. The van der Waals surface area contributed by atoms with Crippen molar-refractivity contribution >= 4 is 27.7 Å². The fourth-order valence-electron chi connectivity index (χ4n) is 2.56. The molecule has 1 aliphatic rings. The zero-order chi connectivity index (χ0) is 12.1. The largest absolute Gasteiger partial charge is 0.126 e. The van der Waals surface area contributed by atoms with Gasteiger partial charge in [0.05, 0.1) is 0 Å². The minimum absolute atomic E-state index is 0.548. The maximum absolute atomic E-state index is 3.74. The molecule has 2 heteroatoms. The first-order valence-electron chi connectivity index (χ1n) is 6.50. The Balaban J connectivity index is 1.95. The average molecular weight is 313 g/mol. The zero-order valence-corrected chi connectivity index (χ0v) is 12.9. The van der Waals surface area contributed by atoms with Crippen LogP contribution in [0.25, 0.3) is 0 Å². The molecule has 0 heterocycles. The second-order valence-corrected chi connectivity index (χ2v) is 6.91. The SMILES string of the molecule is Cc1cccc(SCC2(CBr)CCCCC2)c1. The van der Waals surface area contributed by atoms with Crippen molar-refractivity contribution in [2.24, 2.45) is 5.41 Å². The highest BCUT2D eigenvalue weighted by molar-refractivity contribution is 9.09. The minimum Gasteiger partial charge on any atom is -0.126 e. The molecule has 0 amide bonds. The van der Waals surface area contributed by atoms with Gasteiger partial charge in [0.25, 0.3) is 0 Å². The van der Waals surface area contributed by atoms with Crippen molar-refractivity contribution in [3.63, 3.8) is 0 Å². The van der Waals surface area contributed by atoms with Crippen molar-refractivity contribution in [3.05, 3.63) is 29.8 Å². The van der Waals surface area contributed by atoms with Crippen molar-refractivity contribution in [1.82, 2.24) is 0 Å². The van der Waals surface area contributed by atoms with E-state index in [1.807, 2.05) is 11.8 Å². The maximum atomic E-state index is 3.74. The Kier molecular flexibility index (Phi) is 4.98. The smallest absolute Gasteiger partial charge is 0.00959 e. The minimum atomic E-state index is 0.548. The lowest BCUT2D eigenvalue weighted by molar-refractivity contribution is 0.260. The van der Waals surface area contributed by atoms with Gasteiger partial charge in [-0.25, -0.2) is 0 Å². The molecule has 2 rings (SSSR count). The number of hydrogen-bond acceptors (Lipinski definition) is 1. The molecule has 1 aromatic rings. The van der Waals surface area contributed by atoms with Gasteiger partial charge in [-0.3, -0.25) is 0 Å². The Morgan fingerprint density at radius 2 is 2.00 bits per heavy atom. The standard InChI is InChI=1S/C15H21BrS/c1-13-6-5-7-14(10-13)17-12-15(11-16)8-3-2-4-9-15/h5-7,10H,2-4,8-9,11-12H2,1H3. The van der Waals surface area contributed by atoms with Gasteiger partial charge < -0.3 is 0 Å².